The van der Waals surface area contributed by atoms with Crippen LogP contribution in [0, 0.1) is 11.8 Å². The smallest absolute Gasteiger partial charge is 0.410 e. The van der Waals surface area contributed by atoms with E-state index < -0.39 is 11.7 Å². The van der Waals surface area contributed by atoms with Crippen molar-refractivity contribution in [3.63, 3.8) is 0 Å². The molecule has 1 saturated heterocycles. The van der Waals surface area contributed by atoms with Crippen molar-refractivity contribution in [3.05, 3.63) is 34.9 Å². The lowest BCUT2D eigenvalue weighted by atomic mass is 9.74. The summed E-state index contributed by atoms with van der Waals surface area (Å²) in [5, 5.41) is 18.4. The van der Waals surface area contributed by atoms with E-state index >= 15 is 0 Å². The molecule has 0 unspecified atom stereocenters. The second-order valence-corrected chi connectivity index (χ2v) is 11.0. The standard InChI is InChI=1S/C28H44ClN3O5/c1-30-19-25(17-21-9-4-3-5-10-21)37-27(34)32-16-7-12-23(20-32)28(35,14-8-15-31-26(33)36-2)22-11-6-13-24(29)18-22/h6,11,13,18,21,23,25,30,35H,3-5,7-10,12,14-17,19-20H2,1-2H3,(H,31,33)/t23-,25+,28+/m0/s1. The maximum Gasteiger partial charge on any atom is 0.410 e. The number of piperidine rings is 1. The van der Waals surface area contributed by atoms with Gasteiger partial charge in [0.05, 0.1) is 12.7 Å². The van der Waals surface area contributed by atoms with Gasteiger partial charge < -0.3 is 30.1 Å². The van der Waals surface area contributed by atoms with Crippen molar-refractivity contribution in [2.75, 3.05) is 40.3 Å². The molecule has 0 bridgehead atoms. The van der Waals surface area contributed by atoms with E-state index in [0.717, 1.165) is 24.8 Å². The molecule has 1 aliphatic carbocycles. The number of nitrogens with zero attached hydrogens (tertiary/aromatic N) is 1. The van der Waals surface area contributed by atoms with Crippen molar-refractivity contribution < 1.29 is 24.2 Å². The lowest BCUT2D eigenvalue weighted by Crippen LogP contribution is -2.49. The fraction of sp³-hybridized carbons (Fsp3) is 0.714. The average molecular weight is 538 g/mol. The number of carbonyl (C=O) groups excluding carboxylic acids is 2. The minimum absolute atomic E-state index is 0.155. The van der Waals surface area contributed by atoms with Crippen molar-refractivity contribution in [2.45, 2.75) is 75.9 Å². The first-order valence-corrected chi connectivity index (χ1v) is 14.1. The second kappa shape index (κ2) is 14.8. The van der Waals surface area contributed by atoms with E-state index in [-0.39, 0.29) is 18.1 Å². The zero-order chi connectivity index (χ0) is 26.7. The van der Waals surface area contributed by atoms with E-state index in [1.54, 1.807) is 17.0 Å². The van der Waals surface area contributed by atoms with Crippen LogP contribution in [0.25, 0.3) is 0 Å². The van der Waals surface area contributed by atoms with Crippen LogP contribution in [0.3, 0.4) is 0 Å². The predicted octanol–water partition coefficient (Wildman–Crippen LogP) is 5.07. The van der Waals surface area contributed by atoms with Crippen molar-refractivity contribution in [3.8, 4) is 0 Å². The monoisotopic (exact) mass is 537 g/mol. The summed E-state index contributed by atoms with van der Waals surface area (Å²) in [7, 11) is 3.21. The van der Waals surface area contributed by atoms with Gasteiger partial charge in [-0.2, -0.15) is 0 Å². The molecule has 1 aromatic rings. The van der Waals surface area contributed by atoms with Gasteiger partial charge in [-0.1, -0.05) is 55.8 Å². The molecule has 0 spiro atoms. The van der Waals surface area contributed by atoms with E-state index in [4.69, 9.17) is 16.3 Å². The summed E-state index contributed by atoms with van der Waals surface area (Å²) in [6.07, 6.45) is 8.69. The van der Waals surface area contributed by atoms with Gasteiger partial charge in [0.2, 0.25) is 0 Å². The number of rotatable bonds is 11. The number of methoxy groups -OCH3 is 1. The Balaban J connectivity index is 1.68. The highest BCUT2D eigenvalue weighted by molar-refractivity contribution is 6.30. The number of likely N-dealkylation sites (N-methyl/N-ethyl adjacent to an activating group) is 1. The van der Waals surface area contributed by atoms with Crippen molar-refractivity contribution >= 4 is 23.8 Å². The van der Waals surface area contributed by atoms with Crippen LogP contribution < -0.4 is 10.6 Å². The van der Waals surface area contributed by atoms with Gasteiger partial charge in [-0.05, 0) is 62.8 Å². The van der Waals surface area contributed by atoms with Crippen molar-refractivity contribution in [2.24, 2.45) is 11.8 Å². The lowest BCUT2D eigenvalue weighted by molar-refractivity contribution is -0.0611. The van der Waals surface area contributed by atoms with Crippen molar-refractivity contribution in [1.29, 1.82) is 0 Å². The Morgan fingerprint density at radius 2 is 2.00 bits per heavy atom. The van der Waals surface area contributed by atoms with E-state index in [1.165, 1.54) is 39.2 Å². The summed E-state index contributed by atoms with van der Waals surface area (Å²) in [6.45, 7) is 2.03. The van der Waals surface area contributed by atoms with Crippen LogP contribution >= 0.6 is 11.6 Å². The van der Waals surface area contributed by atoms with Gasteiger partial charge in [0.1, 0.15) is 6.10 Å². The average Bonchev–Trinajstić information content (AvgIpc) is 2.91. The summed E-state index contributed by atoms with van der Waals surface area (Å²) in [5.41, 5.74) is -0.475. The molecule has 0 aromatic heterocycles. The molecule has 1 aliphatic heterocycles. The predicted molar refractivity (Wildman–Crippen MR) is 145 cm³/mol. The number of hydrogen-bond donors (Lipinski definition) is 3. The van der Waals surface area contributed by atoms with E-state index in [0.29, 0.717) is 50.0 Å². The van der Waals surface area contributed by atoms with E-state index in [1.807, 2.05) is 19.2 Å². The van der Waals surface area contributed by atoms with Gasteiger partial charge in [-0.25, -0.2) is 9.59 Å². The Morgan fingerprint density at radius 1 is 1.22 bits per heavy atom. The van der Waals surface area contributed by atoms with Crippen LogP contribution in [0.4, 0.5) is 9.59 Å². The maximum absolute atomic E-state index is 13.3. The zero-order valence-electron chi connectivity index (χ0n) is 22.3. The Labute approximate surface area is 226 Å². The molecule has 1 heterocycles. The number of aliphatic hydroxyl groups is 1. The number of nitrogens with one attached hydrogen (secondary N) is 2. The molecular weight excluding hydrogens is 494 g/mol. The molecule has 9 heteroatoms. The first kappa shape index (κ1) is 29.5. The summed E-state index contributed by atoms with van der Waals surface area (Å²) in [6, 6.07) is 7.28. The van der Waals surface area contributed by atoms with Gasteiger partial charge in [-0.3, -0.25) is 0 Å². The highest BCUT2D eigenvalue weighted by Crippen LogP contribution is 2.40. The Hall–Kier alpha value is -2.03. The fourth-order valence-electron chi connectivity index (χ4n) is 5.91. The maximum atomic E-state index is 13.3. The Kier molecular flexibility index (Phi) is 11.8. The van der Waals surface area contributed by atoms with Crippen LogP contribution in [0.2, 0.25) is 5.02 Å². The molecule has 3 N–H and O–H groups in total. The molecule has 37 heavy (non-hydrogen) atoms. The van der Waals surface area contributed by atoms with Crippen LogP contribution in [-0.4, -0.2) is 68.6 Å². The highest BCUT2D eigenvalue weighted by Gasteiger charge is 2.42. The third-order valence-electron chi connectivity index (χ3n) is 7.89. The largest absolute Gasteiger partial charge is 0.453 e. The quantitative estimate of drug-likeness (QED) is 0.341. The zero-order valence-corrected chi connectivity index (χ0v) is 23.1. The minimum Gasteiger partial charge on any atom is -0.453 e. The second-order valence-electron chi connectivity index (χ2n) is 10.5. The Bertz CT molecular complexity index is 866. The van der Waals surface area contributed by atoms with Gasteiger partial charge in [-0.15, -0.1) is 0 Å². The van der Waals surface area contributed by atoms with Gasteiger partial charge in [0.15, 0.2) is 0 Å². The molecule has 2 aliphatic rings. The third kappa shape index (κ3) is 8.76. The molecule has 1 saturated carbocycles. The molecule has 3 atom stereocenters. The molecule has 8 nitrogen and oxygen atoms in total. The van der Waals surface area contributed by atoms with E-state index in [2.05, 4.69) is 15.4 Å². The molecular formula is C28H44ClN3O5. The number of hydrogen-bond acceptors (Lipinski definition) is 6. The number of amides is 2. The molecule has 3 rings (SSSR count). The first-order valence-electron chi connectivity index (χ1n) is 13.8. The highest BCUT2D eigenvalue weighted by atomic mass is 35.5. The third-order valence-corrected chi connectivity index (χ3v) is 8.12. The first-order chi connectivity index (χ1) is 17.9. The number of benzene rings is 1. The van der Waals surface area contributed by atoms with Crippen molar-refractivity contribution in [1.82, 2.24) is 15.5 Å². The SMILES string of the molecule is CNC[C@@H](CC1CCCCC1)OC(=O)N1CCC[C@H]([C@@](O)(CCCNC(=O)OC)c2cccc(Cl)c2)C1. The molecule has 1 aromatic carbocycles. The molecule has 2 amide bonds. The van der Waals surface area contributed by atoms with Gasteiger partial charge in [0, 0.05) is 37.1 Å². The summed E-state index contributed by atoms with van der Waals surface area (Å²) < 4.78 is 10.7. The number of carbonyl (C=O) groups is 2. The van der Waals surface area contributed by atoms with Crippen LogP contribution in [-0.2, 0) is 15.1 Å². The summed E-state index contributed by atoms with van der Waals surface area (Å²) >= 11 is 6.28. The molecule has 2 fully saturated rings. The Morgan fingerprint density at radius 3 is 2.70 bits per heavy atom. The van der Waals surface area contributed by atoms with Crippen LogP contribution in [0.5, 0.6) is 0 Å². The fourth-order valence-corrected chi connectivity index (χ4v) is 6.10. The molecule has 208 valence electrons. The van der Waals surface area contributed by atoms with Crippen LogP contribution in [0.15, 0.2) is 24.3 Å². The normalized spacial score (nSPS) is 21.1. The number of ether oxygens (including phenoxy) is 2. The summed E-state index contributed by atoms with van der Waals surface area (Å²) in [5.74, 6) is 0.423. The number of likely N-dealkylation sites (tertiary alicyclic amines) is 1. The lowest BCUT2D eigenvalue weighted by Gasteiger charge is -2.43. The molecule has 0 radical (unpaired) electrons. The minimum atomic E-state index is -1.20. The number of alkyl carbamates (subject to hydrolysis) is 1. The van der Waals surface area contributed by atoms with Gasteiger partial charge >= 0.3 is 12.2 Å². The van der Waals surface area contributed by atoms with E-state index in [9.17, 15) is 14.7 Å². The summed E-state index contributed by atoms with van der Waals surface area (Å²) in [4.78, 5) is 26.5. The van der Waals surface area contributed by atoms with Crippen LogP contribution in [0.1, 0.15) is 69.8 Å². The van der Waals surface area contributed by atoms with Gasteiger partial charge in [0.25, 0.3) is 0 Å². The topological polar surface area (TPSA) is 100 Å². The number of halogens is 1.